The van der Waals surface area contributed by atoms with E-state index in [0.717, 1.165) is 6.42 Å². The summed E-state index contributed by atoms with van der Waals surface area (Å²) in [4.78, 5) is 0. The first-order chi connectivity index (χ1) is 4.84. The molecule has 0 aromatic rings. The molecule has 0 atom stereocenters. The summed E-state index contributed by atoms with van der Waals surface area (Å²) >= 11 is 0. The molecular formula is C7H15NO2S. The Balaban J connectivity index is 2.91. The Morgan fingerprint density at radius 2 is 1.82 bits per heavy atom. The van der Waals surface area contributed by atoms with Gasteiger partial charge in [-0.2, -0.15) is 4.31 Å². The molecule has 1 aliphatic rings. The van der Waals surface area contributed by atoms with Gasteiger partial charge in [0, 0.05) is 12.1 Å². The predicted octanol–water partition coefficient (Wildman–Crippen LogP) is 0.820. The predicted molar refractivity (Wildman–Crippen MR) is 44.9 cm³/mol. The Morgan fingerprint density at radius 1 is 1.27 bits per heavy atom. The van der Waals surface area contributed by atoms with Gasteiger partial charge in [0.1, 0.15) is 0 Å². The highest BCUT2D eigenvalue weighted by Gasteiger charge is 2.36. The van der Waals surface area contributed by atoms with Gasteiger partial charge < -0.3 is 0 Å². The van der Waals surface area contributed by atoms with Crippen molar-refractivity contribution in [3.05, 3.63) is 0 Å². The van der Waals surface area contributed by atoms with Crippen LogP contribution in [0.25, 0.3) is 0 Å². The molecule has 3 nitrogen and oxygen atoms in total. The van der Waals surface area contributed by atoms with Gasteiger partial charge in [-0.15, -0.1) is 0 Å². The zero-order valence-corrected chi connectivity index (χ0v) is 8.11. The van der Waals surface area contributed by atoms with Crippen molar-refractivity contribution in [2.24, 2.45) is 0 Å². The van der Waals surface area contributed by atoms with Crippen molar-refractivity contribution in [3.63, 3.8) is 0 Å². The molecular weight excluding hydrogens is 162 g/mol. The van der Waals surface area contributed by atoms with Crippen LogP contribution in [0, 0.1) is 0 Å². The van der Waals surface area contributed by atoms with Crippen molar-refractivity contribution in [1.29, 1.82) is 0 Å². The maximum Gasteiger partial charge on any atom is 0.214 e. The number of nitrogens with zero attached hydrogens (tertiary/aromatic N) is 1. The van der Waals surface area contributed by atoms with Crippen molar-refractivity contribution in [2.75, 3.05) is 12.3 Å². The maximum atomic E-state index is 11.3. The highest BCUT2D eigenvalue weighted by molar-refractivity contribution is 7.89. The van der Waals surface area contributed by atoms with Gasteiger partial charge in [0.2, 0.25) is 10.0 Å². The fraction of sp³-hybridized carbons (Fsp3) is 1.00. The molecule has 66 valence electrons. The average Bonchev–Trinajstić information content (AvgIpc) is 2.06. The largest absolute Gasteiger partial charge is 0.214 e. The van der Waals surface area contributed by atoms with Crippen LogP contribution < -0.4 is 0 Å². The third kappa shape index (κ3) is 1.73. The number of rotatable bonds is 0. The summed E-state index contributed by atoms with van der Waals surface area (Å²) in [6.07, 6.45) is 0.777. The summed E-state index contributed by atoms with van der Waals surface area (Å²) in [6.45, 7) is 6.47. The second kappa shape index (κ2) is 2.45. The van der Waals surface area contributed by atoms with Crippen LogP contribution in [-0.2, 0) is 10.0 Å². The molecule has 0 spiro atoms. The van der Waals surface area contributed by atoms with Crippen LogP contribution in [0.5, 0.6) is 0 Å². The molecule has 0 N–H and O–H groups in total. The maximum absolute atomic E-state index is 11.3. The molecule has 0 aromatic heterocycles. The van der Waals surface area contributed by atoms with Gasteiger partial charge in [0.05, 0.1) is 5.75 Å². The van der Waals surface area contributed by atoms with Gasteiger partial charge in [0.15, 0.2) is 0 Å². The van der Waals surface area contributed by atoms with Crippen LogP contribution in [0.15, 0.2) is 0 Å². The van der Waals surface area contributed by atoms with Crippen LogP contribution in [0.3, 0.4) is 0 Å². The van der Waals surface area contributed by atoms with E-state index in [1.54, 1.807) is 4.31 Å². The molecule has 0 aliphatic carbocycles. The molecule has 1 saturated heterocycles. The first-order valence-corrected chi connectivity index (χ1v) is 5.45. The molecule has 0 radical (unpaired) electrons. The van der Waals surface area contributed by atoms with E-state index in [9.17, 15) is 8.42 Å². The van der Waals surface area contributed by atoms with Crippen molar-refractivity contribution in [1.82, 2.24) is 4.31 Å². The standard InChI is InChI=1S/C7H15NO2S/c1-7(2,3)8-5-4-6-11(8,9)10/h4-6H2,1-3H3. The van der Waals surface area contributed by atoms with Crippen molar-refractivity contribution in [3.8, 4) is 0 Å². The zero-order valence-electron chi connectivity index (χ0n) is 7.29. The third-order valence-electron chi connectivity index (χ3n) is 1.85. The van der Waals surface area contributed by atoms with E-state index in [1.165, 1.54) is 0 Å². The van der Waals surface area contributed by atoms with E-state index in [1.807, 2.05) is 20.8 Å². The summed E-state index contributed by atoms with van der Waals surface area (Å²) in [6, 6.07) is 0. The summed E-state index contributed by atoms with van der Waals surface area (Å²) in [5, 5.41) is 0. The molecule has 1 rings (SSSR count). The van der Waals surface area contributed by atoms with E-state index in [2.05, 4.69) is 0 Å². The number of sulfonamides is 1. The SMILES string of the molecule is CC(C)(C)N1CCCS1(=O)=O. The molecule has 11 heavy (non-hydrogen) atoms. The number of hydrogen-bond acceptors (Lipinski definition) is 2. The summed E-state index contributed by atoms with van der Waals surface area (Å²) in [5.74, 6) is 0.324. The normalized spacial score (nSPS) is 25.7. The van der Waals surface area contributed by atoms with Gasteiger partial charge >= 0.3 is 0 Å². The lowest BCUT2D eigenvalue weighted by Crippen LogP contribution is -2.42. The fourth-order valence-corrected chi connectivity index (χ4v) is 3.35. The fourth-order valence-electron chi connectivity index (χ4n) is 1.39. The van der Waals surface area contributed by atoms with Gasteiger partial charge in [-0.1, -0.05) is 0 Å². The third-order valence-corrected chi connectivity index (χ3v) is 4.05. The van der Waals surface area contributed by atoms with Gasteiger partial charge in [-0.05, 0) is 27.2 Å². The topological polar surface area (TPSA) is 37.4 Å². The van der Waals surface area contributed by atoms with Crippen molar-refractivity contribution in [2.45, 2.75) is 32.7 Å². The highest BCUT2D eigenvalue weighted by Crippen LogP contribution is 2.23. The quantitative estimate of drug-likeness (QED) is 0.549. The van der Waals surface area contributed by atoms with E-state index in [0.29, 0.717) is 12.3 Å². The Bertz CT molecular complexity index is 238. The smallest absolute Gasteiger partial charge is 0.212 e. The van der Waals surface area contributed by atoms with Gasteiger partial charge in [-0.25, -0.2) is 8.42 Å². The lowest BCUT2D eigenvalue weighted by Gasteiger charge is -2.29. The Hall–Kier alpha value is -0.0900. The molecule has 1 heterocycles. The summed E-state index contributed by atoms with van der Waals surface area (Å²) < 4.78 is 24.3. The lowest BCUT2D eigenvalue weighted by molar-refractivity contribution is 0.267. The molecule has 0 aromatic carbocycles. The molecule has 0 saturated carbocycles. The molecule has 1 fully saturated rings. The van der Waals surface area contributed by atoms with Crippen LogP contribution in [0.1, 0.15) is 27.2 Å². The average molecular weight is 177 g/mol. The second-order valence-corrected chi connectivity index (χ2v) is 5.93. The van der Waals surface area contributed by atoms with Crippen molar-refractivity contribution < 1.29 is 8.42 Å². The van der Waals surface area contributed by atoms with E-state index >= 15 is 0 Å². The van der Waals surface area contributed by atoms with Crippen LogP contribution in [0.2, 0.25) is 0 Å². The Morgan fingerprint density at radius 3 is 2.00 bits per heavy atom. The summed E-state index contributed by atoms with van der Waals surface area (Å²) in [5.41, 5.74) is -0.241. The van der Waals surface area contributed by atoms with Crippen LogP contribution in [-0.4, -0.2) is 30.6 Å². The Kier molecular flexibility index (Phi) is 2.01. The second-order valence-electron chi connectivity index (χ2n) is 3.91. The van der Waals surface area contributed by atoms with Crippen LogP contribution in [0.4, 0.5) is 0 Å². The zero-order chi connectivity index (χ0) is 8.70. The van der Waals surface area contributed by atoms with E-state index in [4.69, 9.17) is 0 Å². The van der Waals surface area contributed by atoms with Crippen molar-refractivity contribution >= 4 is 10.0 Å². The molecule has 0 unspecified atom stereocenters. The Labute approximate surface area is 68.4 Å². The van der Waals surface area contributed by atoms with Gasteiger partial charge in [-0.3, -0.25) is 0 Å². The van der Waals surface area contributed by atoms with Gasteiger partial charge in [0.25, 0.3) is 0 Å². The van der Waals surface area contributed by atoms with E-state index in [-0.39, 0.29) is 5.54 Å². The molecule has 4 heteroatoms. The first kappa shape index (κ1) is 9.00. The molecule has 0 bridgehead atoms. The molecule has 0 amide bonds. The minimum absolute atomic E-state index is 0.241. The highest BCUT2D eigenvalue weighted by atomic mass is 32.2. The summed E-state index contributed by atoms with van der Waals surface area (Å²) in [7, 11) is -2.91. The minimum Gasteiger partial charge on any atom is -0.212 e. The monoisotopic (exact) mass is 177 g/mol. The lowest BCUT2D eigenvalue weighted by atomic mass is 10.1. The minimum atomic E-state index is -2.91. The molecule has 1 aliphatic heterocycles. The van der Waals surface area contributed by atoms with Crippen LogP contribution >= 0.6 is 0 Å². The van der Waals surface area contributed by atoms with E-state index < -0.39 is 10.0 Å². The number of hydrogen-bond donors (Lipinski definition) is 0. The first-order valence-electron chi connectivity index (χ1n) is 3.84.